The van der Waals surface area contributed by atoms with Crippen LogP contribution in [0.1, 0.15) is 0 Å². The zero-order valence-electron chi connectivity index (χ0n) is 6.88. The van der Waals surface area contributed by atoms with E-state index in [1.54, 1.807) is 0 Å². The monoisotopic (exact) mass is 196 g/mol. The minimum atomic E-state index is -4.35. The molecule has 0 unspecified atom stereocenters. The molecule has 0 saturated carbocycles. The number of hydrogen-bond acceptors (Lipinski definition) is 4. The van der Waals surface area contributed by atoms with Crippen molar-refractivity contribution in [2.45, 2.75) is 0 Å². The Morgan fingerprint density at radius 1 is 1.25 bits per heavy atom. The summed E-state index contributed by atoms with van der Waals surface area (Å²) in [4.78, 5) is 19.0. The van der Waals surface area contributed by atoms with E-state index >= 15 is 0 Å². The highest BCUT2D eigenvalue weighted by Crippen LogP contribution is 2.37. The lowest BCUT2D eigenvalue weighted by Crippen LogP contribution is -2.43. The van der Waals surface area contributed by atoms with Gasteiger partial charge in [-0.15, -0.1) is 0 Å². The van der Waals surface area contributed by atoms with Crippen LogP contribution in [-0.2, 0) is 9.19 Å². The molecule has 0 radical (unpaired) electrons. The van der Waals surface area contributed by atoms with Gasteiger partial charge < -0.3 is 14.7 Å². The predicted octanol–water partition coefficient (Wildman–Crippen LogP) is -0.742. The summed E-state index contributed by atoms with van der Waals surface area (Å²) in [6.45, 7) is 2.59. The topological polar surface area (TPSA) is 73.2 Å². The standard InChI is InChI=1S/C5H13N2O4P/c1-6-2-4-7(5-3-6)11-12(8,9)10/h2-5H2,1H3,(H2,8,9,10). The first-order chi connectivity index (χ1) is 5.47. The molecule has 6 nitrogen and oxygen atoms in total. The van der Waals surface area contributed by atoms with Crippen molar-refractivity contribution >= 4 is 7.82 Å². The van der Waals surface area contributed by atoms with E-state index in [9.17, 15) is 4.57 Å². The van der Waals surface area contributed by atoms with Crippen LogP contribution in [0.2, 0.25) is 0 Å². The molecule has 1 rings (SSSR count). The van der Waals surface area contributed by atoms with E-state index in [1.807, 2.05) is 7.05 Å². The molecule has 1 aliphatic rings. The van der Waals surface area contributed by atoms with Crippen molar-refractivity contribution in [1.82, 2.24) is 9.96 Å². The molecule has 0 atom stereocenters. The summed E-state index contributed by atoms with van der Waals surface area (Å²) in [5, 5.41) is 1.31. The van der Waals surface area contributed by atoms with E-state index in [0.717, 1.165) is 13.1 Å². The van der Waals surface area contributed by atoms with Crippen LogP contribution in [0, 0.1) is 0 Å². The fraction of sp³-hybridized carbons (Fsp3) is 1.00. The van der Waals surface area contributed by atoms with E-state index in [2.05, 4.69) is 9.52 Å². The van der Waals surface area contributed by atoms with E-state index in [1.165, 1.54) is 5.06 Å². The highest BCUT2D eigenvalue weighted by atomic mass is 31.2. The van der Waals surface area contributed by atoms with Crippen LogP contribution in [-0.4, -0.2) is 53.0 Å². The molecule has 2 N–H and O–H groups in total. The first kappa shape index (κ1) is 10.1. The van der Waals surface area contributed by atoms with E-state index in [4.69, 9.17) is 9.79 Å². The van der Waals surface area contributed by atoms with Gasteiger partial charge in [0.2, 0.25) is 0 Å². The first-order valence-corrected chi connectivity index (χ1v) is 5.19. The molecule has 0 amide bonds. The summed E-state index contributed by atoms with van der Waals surface area (Å²) in [6.07, 6.45) is 0. The number of likely N-dealkylation sites (N-methyl/N-ethyl adjacent to an activating group) is 1. The maximum atomic E-state index is 10.4. The van der Waals surface area contributed by atoms with Crippen LogP contribution in [0.3, 0.4) is 0 Å². The molecule has 72 valence electrons. The number of phosphoric acid groups is 1. The van der Waals surface area contributed by atoms with Crippen molar-refractivity contribution in [2.24, 2.45) is 0 Å². The molecule has 0 aromatic heterocycles. The van der Waals surface area contributed by atoms with Gasteiger partial charge in [0, 0.05) is 26.2 Å². The summed E-state index contributed by atoms with van der Waals surface area (Å²) >= 11 is 0. The third kappa shape index (κ3) is 3.62. The Hall–Kier alpha value is 0.0300. The van der Waals surface area contributed by atoms with E-state index in [0.29, 0.717) is 13.1 Å². The molecule has 0 aliphatic carbocycles. The Kier molecular flexibility index (Phi) is 3.22. The van der Waals surface area contributed by atoms with Crippen molar-refractivity contribution in [2.75, 3.05) is 33.2 Å². The summed E-state index contributed by atoms with van der Waals surface area (Å²) in [6, 6.07) is 0. The molecule has 0 bridgehead atoms. The molecule has 0 spiro atoms. The van der Waals surface area contributed by atoms with Gasteiger partial charge in [0.05, 0.1) is 0 Å². The third-order valence-electron chi connectivity index (χ3n) is 1.68. The lowest BCUT2D eigenvalue weighted by molar-refractivity contribution is -0.103. The van der Waals surface area contributed by atoms with E-state index < -0.39 is 7.82 Å². The summed E-state index contributed by atoms with van der Waals surface area (Å²) in [7, 11) is -2.39. The molecule has 7 heteroatoms. The van der Waals surface area contributed by atoms with Gasteiger partial charge in [-0.2, -0.15) is 9.69 Å². The smallest absolute Gasteiger partial charge is 0.304 e. The second-order valence-electron chi connectivity index (χ2n) is 2.80. The van der Waals surface area contributed by atoms with Crippen molar-refractivity contribution in [3.63, 3.8) is 0 Å². The minimum absolute atomic E-state index is 0.529. The molecular weight excluding hydrogens is 183 g/mol. The maximum Gasteiger partial charge on any atom is 0.486 e. The highest BCUT2D eigenvalue weighted by Gasteiger charge is 2.23. The molecular formula is C5H13N2O4P. The maximum absolute atomic E-state index is 10.4. The fourth-order valence-corrected chi connectivity index (χ4v) is 1.48. The molecule has 1 fully saturated rings. The zero-order chi connectivity index (χ0) is 9.19. The summed E-state index contributed by atoms with van der Waals surface area (Å²) in [5.41, 5.74) is 0. The Morgan fingerprint density at radius 3 is 2.17 bits per heavy atom. The number of hydrogen-bond donors (Lipinski definition) is 2. The quantitative estimate of drug-likeness (QED) is 0.566. The number of hydroxylamine groups is 2. The van der Waals surface area contributed by atoms with Crippen molar-refractivity contribution in [3.05, 3.63) is 0 Å². The van der Waals surface area contributed by atoms with Gasteiger partial charge >= 0.3 is 7.82 Å². The second kappa shape index (κ2) is 3.83. The third-order valence-corrected chi connectivity index (χ3v) is 2.13. The van der Waals surface area contributed by atoms with Crippen LogP contribution in [0.4, 0.5) is 0 Å². The zero-order valence-corrected chi connectivity index (χ0v) is 7.78. The highest BCUT2D eigenvalue weighted by molar-refractivity contribution is 7.46. The van der Waals surface area contributed by atoms with Gasteiger partial charge in [-0.1, -0.05) is 0 Å². The predicted molar refractivity (Wildman–Crippen MR) is 42.2 cm³/mol. The Morgan fingerprint density at radius 2 is 1.75 bits per heavy atom. The Bertz CT molecular complexity index is 186. The van der Waals surface area contributed by atoms with E-state index in [-0.39, 0.29) is 0 Å². The number of rotatable bonds is 2. The van der Waals surface area contributed by atoms with Gasteiger partial charge in [0.25, 0.3) is 0 Å². The summed E-state index contributed by atoms with van der Waals surface area (Å²) in [5.74, 6) is 0. The van der Waals surface area contributed by atoms with Crippen LogP contribution in [0.5, 0.6) is 0 Å². The molecule has 0 aromatic rings. The number of nitrogens with zero attached hydrogens (tertiary/aromatic N) is 2. The van der Waals surface area contributed by atoms with Crippen molar-refractivity contribution < 1.29 is 19.0 Å². The lowest BCUT2D eigenvalue weighted by Gasteiger charge is -2.30. The largest absolute Gasteiger partial charge is 0.486 e. The van der Waals surface area contributed by atoms with Crippen LogP contribution >= 0.6 is 7.82 Å². The summed E-state index contributed by atoms with van der Waals surface area (Å²) < 4.78 is 14.8. The SMILES string of the molecule is CN1CCN(OP(=O)(O)O)CC1. The van der Waals surface area contributed by atoms with Crippen LogP contribution < -0.4 is 0 Å². The Labute approximate surface area is 70.9 Å². The normalized spacial score (nSPS) is 22.9. The second-order valence-corrected chi connectivity index (χ2v) is 3.95. The van der Waals surface area contributed by atoms with Gasteiger partial charge in [0.15, 0.2) is 0 Å². The van der Waals surface area contributed by atoms with Gasteiger partial charge in [-0.3, -0.25) is 0 Å². The van der Waals surface area contributed by atoms with Crippen molar-refractivity contribution in [3.8, 4) is 0 Å². The van der Waals surface area contributed by atoms with Crippen molar-refractivity contribution in [1.29, 1.82) is 0 Å². The van der Waals surface area contributed by atoms with Crippen LogP contribution in [0.15, 0.2) is 0 Å². The average Bonchev–Trinajstić information content (AvgIpc) is 1.91. The van der Waals surface area contributed by atoms with Gasteiger partial charge in [-0.25, -0.2) is 4.57 Å². The van der Waals surface area contributed by atoms with Crippen LogP contribution in [0.25, 0.3) is 0 Å². The molecule has 0 aromatic carbocycles. The Balaban J connectivity index is 2.31. The minimum Gasteiger partial charge on any atom is -0.304 e. The van der Waals surface area contributed by atoms with Gasteiger partial charge in [-0.05, 0) is 7.05 Å². The molecule has 1 saturated heterocycles. The molecule has 12 heavy (non-hydrogen) atoms. The molecule has 1 heterocycles. The van der Waals surface area contributed by atoms with Gasteiger partial charge in [0.1, 0.15) is 0 Å². The lowest BCUT2D eigenvalue weighted by atomic mass is 10.4. The fourth-order valence-electron chi connectivity index (χ4n) is 1.02. The average molecular weight is 196 g/mol. The molecule has 1 aliphatic heterocycles. The number of piperazine rings is 1. The first-order valence-electron chi connectivity index (χ1n) is 3.66.